The van der Waals surface area contributed by atoms with Crippen LogP contribution in [0.4, 0.5) is 0 Å². The van der Waals surface area contributed by atoms with Crippen molar-refractivity contribution >= 4 is 17.8 Å². The van der Waals surface area contributed by atoms with Crippen molar-refractivity contribution in [3.63, 3.8) is 0 Å². The van der Waals surface area contributed by atoms with Crippen LogP contribution in [0.5, 0.6) is 0 Å². The number of amides is 1. The molecule has 272 valence electrons. The maximum Gasteiger partial charge on any atom is 0.306 e. The maximum absolute atomic E-state index is 14.3. The molecule has 0 bridgehead atoms. The molecule has 0 radical (unpaired) electrons. The third-order valence-corrected chi connectivity index (χ3v) is 16.0. The van der Waals surface area contributed by atoms with Crippen molar-refractivity contribution in [3.8, 4) is 0 Å². The van der Waals surface area contributed by atoms with E-state index in [9.17, 15) is 19.5 Å². The lowest BCUT2D eigenvalue weighted by molar-refractivity contribution is -0.249. The van der Waals surface area contributed by atoms with Crippen molar-refractivity contribution in [1.29, 1.82) is 0 Å². The highest BCUT2D eigenvalue weighted by molar-refractivity contribution is 5.84. The normalized spacial score (nSPS) is 41.0. The van der Waals surface area contributed by atoms with E-state index in [1.54, 1.807) is 6.26 Å². The smallest absolute Gasteiger partial charge is 0.306 e. The van der Waals surface area contributed by atoms with E-state index < -0.39 is 11.4 Å². The van der Waals surface area contributed by atoms with Gasteiger partial charge in [-0.2, -0.15) is 0 Å². The Morgan fingerprint density at radius 1 is 0.939 bits per heavy atom. The first-order valence-corrected chi connectivity index (χ1v) is 19.2. The summed E-state index contributed by atoms with van der Waals surface area (Å²) >= 11 is 0. The number of aliphatic carboxylic acids is 1. The van der Waals surface area contributed by atoms with Gasteiger partial charge in [0.1, 0.15) is 11.9 Å². The summed E-state index contributed by atoms with van der Waals surface area (Å²) in [5.41, 5.74) is 0.474. The molecule has 5 fully saturated rings. The van der Waals surface area contributed by atoms with E-state index in [0.29, 0.717) is 36.1 Å². The lowest BCUT2D eigenvalue weighted by atomic mass is 9.32. The van der Waals surface area contributed by atoms with Crippen LogP contribution < -0.4 is 5.32 Å². The molecule has 1 aromatic rings. The topological polar surface area (TPSA) is 106 Å². The van der Waals surface area contributed by atoms with Gasteiger partial charge in [-0.25, -0.2) is 0 Å². The standard InChI is InChI=1S/C42H63NO6/c1-26(2)28-14-19-42(36(47)43-25-27-11-10-22-48-27)21-20-40(8)29(35(28)42)12-13-31-39(7)17-16-32(38(5,6)30(39)15-18-41(31,40)9)49-34(46)24-37(3,4)23-33(44)45/h10-11,22,28-32,35H,1,12-21,23-25H2,2-9H3,(H,43,47)(H,44,45)/t28-,29+,30-,31+,32-,35+,39-,40+,41+,42-/m0/s1. The molecule has 0 aliphatic heterocycles. The molecule has 0 saturated heterocycles. The van der Waals surface area contributed by atoms with Crippen LogP contribution in [0.1, 0.15) is 138 Å². The molecule has 5 saturated carbocycles. The first kappa shape index (κ1) is 36.2. The Morgan fingerprint density at radius 2 is 1.67 bits per heavy atom. The minimum Gasteiger partial charge on any atom is -0.481 e. The fraction of sp³-hybridized carbons (Fsp3) is 0.786. The van der Waals surface area contributed by atoms with Gasteiger partial charge < -0.3 is 19.6 Å². The molecule has 1 heterocycles. The minimum atomic E-state index is -0.889. The van der Waals surface area contributed by atoms with Gasteiger partial charge in [0.25, 0.3) is 0 Å². The Hall–Kier alpha value is -2.57. The molecule has 49 heavy (non-hydrogen) atoms. The van der Waals surface area contributed by atoms with E-state index in [-0.39, 0.29) is 57.9 Å². The minimum absolute atomic E-state index is 0.0540. The largest absolute Gasteiger partial charge is 0.481 e. The van der Waals surface area contributed by atoms with Gasteiger partial charge in [-0.3, -0.25) is 14.4 Å². The zero-order chi connectivity index (χ0) is 35.8. The van der Waals surface area contributed by atoms with Crippen molar-refractivity contribution in [2.45, 2.75) is 145 Å². The Morgan fingerprint density at radius 3 is 2.33 bits per heavy atom. The van der Waals surface area contributed by atoms with Crippen molar-refractivity contribution in [1.82, 2.24) is 5.32 Å². The summed E-state index contributed by atoms with van der Waals surface area (Å²) in [6.45, 7) is 23.2. The highest BCUT2D eigenvalue weighted by Crippen LogP contribution is 2.77. The lowest BCUT2D eigenvalue weighted by Crippen LogP contribution is -2.67. The molecule has 2 N–H and O–H groups in total. The number of hydrogen-bond donors (Lipinski definition) is 2. The molecule has 5 aliphatic carbocycles. The van der Waals surface area contributed by atoms with Crippen LogP contribution in [0.15, 0.2) is 35.0 Å². The second kappa shape index (κ2) is 12.3. The second-order valence-electron chi connectivity index (χ2n) is 19.4. The average molecular weight is 678 g/mol. The van der Waals surface area contributed by atoms with Gasteiger partial charge in [-0.15, -0.1) is 0 Å². The highest BCUT2D eigenvalue weighted by Gasteiger charge is 2.72. The number of furan rings is 1. The Bertz CT molecular complexity index is 1460. The average Bonchev–Trinajstić information content (AvgIpc) is 3.66. The number of carboxylic acid groups (broad SMARTS) is 1. The van der Waals surface area contributed by atoms with Crippen LogP contribution in [-0.2, 0) is 25.7 Å². The number of carbonyl (C=O) groups is 3. The van der Waals surface area contributed by atoms with Gasteiger partial charge in [0.05, 0.1) is 31.1 Å². The molecule has 10 atom stereocenters. The molecule has 0 aromatic carbocycles. The molecule has 0 unspecified atom stereocenters. The fourth-order valence-corrected chi connectivity index (χ4v) is 13.5. The van der Waals surface area contributed by atoms with Gasteiger partial charge >= 0.3 is 11.9 Å². The Kier molecular flexibility index (Phi) is 9.09. The van der Waals surface area contributed by atoms with Crippen molar-refractivity contribution in [3.05, 3.63) is 36.3 Å². The molecule has 5 aliphatic rings. The summed E-state index contributed by atoms with van der Waals surface area (Å²) in [7, 11) is 0. The zero-order valence-electron chi connectivity index (χ0n) is 31.6. The third-order valence-electron chi connectivity index (χ3n) is 16.0. The van der Waals surface area contributed by atoms with E-state index in [4.69, 9.17) is 9.15 Å². The van der Waals surface area contributed by atoms with Crippen LogP contribution in [0, 0.1) is 62.1 Å². The monoisotopic (exact) mass is 677 g/mol. The predicted octanol–water partition coefficient (Wildman–Crippen LogP) is 9.36. The summed E-state index contributed by atoms with van der Waals surface area (Å²) in [6.07, 6.45) is 12.0. The number of ether oxygens (including phenoxy) is 1. The Balaban J connectivity index is 1.24. The van der Waals surface area contributed by atoms with Crippen LogP contribution in [0.2, 0.25) is 0 Å². The van der Waals surface area contributed by atoms with Gasteiger partial charge in [-0.1, -0.05) is 60.6 Å². The van der Waals surface area contributed by atoms with Gasteiger partial charge in [0, 0.05) is 5.41 Å². The number of hydrogen-bond acceptors (Lipinski definition) is 5. The van der Waals surface area contributed by atoms with Crippen molar-refractivity contribution in [2.24, 2.45) is 62.1 Å². The predicted molar refractivity (Wildman–Crippen MR) is 190 cm³/mol. The number of fused-ring (bicyclic) bond motifs is 7. The number of rotatable bonds is 9. The summed E-state index contributed by atoms with van der Waals surface area (Å²) in [5.74, 6) is 1.99. The number of allylic oxidation sites excluding steroid dienone is 1. The number of carboxylic acids is 1. The number of esters is 1. The molecule has 6 rings (SSSR count). The lowest BCUT2D eigenvalue weighted by Gasteiger charge is -2.72. The molecule has 1 amide bonds. The van der Waals surface area contributed by atoms with E-state index in [2.05, 4.69) is 53.4 Å². The molecule has 1 aromatic heterocycles. The summed E-state index contributed by atoms with van der Waals surface area (Å²) < 4.78 is 11.8. The van der Waals surface area contributed by atoms with E-state index in [1.807, 2.05) is 26.0 Å². The first-order chi connectivity index (χ1) is 22.8. The molecule has 0 spiro atoms. The summed E-state index contributed by atoms with van der Waals surface area (Å²) in [5, 5.41) is 12.6. The van der Waals surface area contributed by atoms with Gasteiger partial charge in [0.15, 0.2) is 0 Å². The molecular formula is C42H63NO6. The van der Waals surface area contributed by atoms with Crippen LogP contribution in [0.3, 0.4) is 0 Å². The van der Waals surface area contributed by atoms with Crippen LogP contribution in [0.25, 0.3) is 0 Å². The van der Waals surface area contributed by atoms with Gasteiger partial charge in [-0.05, 0) is 135 Å². The first-order valence-electron chi connectivity index (χ1n) is 19.2. The molecular weight excluding hydrogens is 614 g/mol. The number of nitrogens with one attached hydrogen (secondary N) is 1. The van der Waals surface area contributed by atoms with E-state index in [1.165, 1.54) is 12.0 Å². The molecule has 7 nitrogen and oxygen atoms in total. The van der Waals surface area contributed by atoms with Gasteiger partial charge in [0.2, 0.25) is 5.91 Å². The molecule has 7 heteroatoms. The second-order valence-corrected chi connectivity index (χ2v) is 19.4. The van der Waals surface area contributed by atoms with Crippen LogP contribution in [-0.4, -0.2) is 29.1 Å². The quantitative estimate of drug-likeness (QED) is 0.199. The SMILES string of the molecule is C=C(C)[C@@H]1CC[C@]2(C(=O)NCc3ccco3)CC[C@]3(C)[C@H](CC[C@@H]4[C@@]5(C)CC[C@H](OC(=O)CC(C)(C)CC(=O)O)C(C)(C)[C@@H]5CC[C@]43C)[C@@H]12. The summed E-state index contributed by atoms with van der Waals surface area (Å²) in [4.78, 5) is 38.9. The summed E-state index contributed by atoms with van der Waals surface area (Å²) in [6, 6.07) is 3.81. The third kappa shape index (κ3) is 5.72. The maximum atomic E-state index is 14.3. The van der Waals surface area contributed by atoms with Crippen molar-refractivity contribution < 1.29 is 28.6 Å². The zero-order valence-corrected chi connectivity index (χ0v) is 31.6. The van der Waals surface area contributed by atoms with E-state index in [0.717, 1.165) is 63.5 Å². The number of carbonyl (C=O) groups excluding carboxylic acids is 2. The van der Waals surface area contributed by atoms with Crippen LogP contribution >= 0.6 is 0 Å². The van der Waals surface area contributed by atoms with E-state index >= 15 is 0 Å². The van der Waals surface area contributed by atoms with Crippen molar-refractivity contribution in [2.75, 3.05) is 0 Å². The highest BCUT2D eigenvalue weighted by atomic mass is 16.5. The Labute approximate surface area is 294 Å². The fourth-order valence-electron chi connectivity index (χ4n) is 13.5.